The number of nitrogens with zero attached hydrogens (tertiary/aromatic N) is 2. The zero-order chi connectivity index (χ0) is 19.0. The van der Waals surface area contributed by atoms with E-state index in [9.17, 15) is 14.4 Å². The maximum Gasteiger partial charge on any atom is 0.270 e. The lowest BCUT2D eigenvalue weighted by atomic mass is 9.82. The normalized spacial score (nSPS) is 21.1. The number of methoxy groups -OCH3 is 1. The Morgan fingerprint density at radius 2 is 2.04 bits per heavy atom. The molecule has 0 unspecified atom stereocenters. The maximum atomic E-state index is 12.6. The number of fused-ring (bicyclic) bond motifs is 1. The second-order valence-corrected chi connectivity index (χ2v) is 7.13. The molecule has 0 radical (unpaired) electrons. The van der Waals surface area contributed by atoms with Gasteiger partial charge in [-0.15, -0.1) is 0 Å². The number of ketones is 1. The molecule has 3 aliphatic heterocycles. The third-order valence-corrected chi connectivity index (χ3v) is 5.41. The van der Waals surface area contributed by atoms with Crippen LogP contribution in [0.15, 0.2) is 23.3 Å². The molecule has 1 saturated heterocycles. The lowest BCUT2D eigenvalue weighted by Crippen LogP contribution is -2.53. The van der Waals surface area contributed by atoms with Gasteiger partial charge in [-0.1, -0.05) is 0 Å². The van der Waals surface area contributed by atoms with E-state index in [0.717, 1.165) is 0 Å². The molecular weight excluding hydrogens is 350 g/mol. The Balaban J connectivity index is 1.45. The van der Waals surface area contributed by atoms with E-state index in [0.29, 0.717) is 61.5 Å². The van der Waals surface area contributed by atoms with Gasteiger partial charge in [0.05, 0.1) is 19.1 Å². The standard InChI is InChI=1S/C19H21N3O5/c1-26-12-2-4-16-13(10-12)15(23)11-19(27-16)6-8-22(9-7-19)18(25)14-3-5-17(24)21-20-14/h2,4,10H,3,5-9,11H2,1H3,(H,21,24). The van der Waals surface area contributed by atoms with Gasteiger partial charge in [0.15, 0.2) is 5.78 Å². The molecule has 2 amide bonds. The second-order valence-electron chi connectivity index (χ2n) is 7.13. The maximum absolute atomic E-state index is 12.6. The Hall–Kier alpha value is -2.90. The van der Waals surface area contributed by atoms with Crippen molar-refractivity contribution in [2.45, 2.75) is 37.7 Å². The Kier molecular flexibility index (Phi) is 4.33. The van der Waals surface area contributed by atoms with Gasteiger partial charge in [0.2, 0.25) is 5.91 Å². The van der Waals surface area contributed by atoms with Gasteiger partial charge in [-0.05, 0) is 18.2 Å². The van der Waals surface area contributed by atoms with Crippen LogP contribution in [0.5, 0.6) is 11.5 Å². The monoisotopic (exact) mass is 371 g/mol. The van der Waals surface area contributed by atoms with Crippen LogP contribution in [0.1, 0.15) is 42.5 Å². The summed E-state index contributed by atoms with van der Waals surface area (Å²) < 4.78 is 11.4. The highest BCUT2D eigenvalue weighted by Gasteiger charge is 2.44. The molecule has 0 saturated carbocycles. The van der Waals surface area contributed by atoms with E-state index in [1.807, 2.05) is 0 Å². The van der Waals surface area contributed by atoms with E-state index in [1.54, 1.807) is 30.2 Å². The highest BCUT2D eigenvalue weighted by atomic mass is 16.5. The molecule has 1 N–H and O–H groups in total. The molecule has 142 valence electrons. The summed E-state index contributed by atoms with van der Waals surface area (Å²) >= 11 is 0. The SMILES string of the molecule is COc1ccc2c(c1)C(=O)CC1(CCN(C(=O)C3=NNC(=O)CC3)CC1)O2. The first-order valence-corrected chi connectivity index (χ1v) is 9.05. The summed E-state index contributed by atoms with van der Waals surface area (Å²) in [4.78, 5) is 38.1. The number of benzene rings is 1. The van der Waals surface area contributed by atoms with E-state index in [1.165, 1.54) is 0 Å². The van der Waals surface area contributed by atoms with Gasteiger partial charge < -0.3 is 14.4 Å². The van der Waals surface area contributed by atoms with Gasteiger partial charge >= 0.3 is 0 Å². The van der Waals surface area contributed by atoms with Gasteiger partial charge in [0.1, 0.15) is 22.8 Å². The number of hydrazone groups is 1. The topological polar surface area (TPSA) is 97.3 Å². The van der Waals surface area contributed by atoms with E-state index in [-0.39, 0.29) is 24.0 Å². The molecule has 3 heterocycles. The number of carbonyl (C=O) groups excluding carboxylic acids is 3. The summed E-state index contributed by atoms with van der Waals surface area (Å²) in [5.74, 6) is 0.911. The Morgan fingerprint density at radius 3 is 2.70 bits per heavy atom. The van der Waals surface area contributed by atoms with Crippen molar-refractivity contribution in [3.05, 3.63) is 23.8 Å². The first-order chi connectivity index (χ1) is 13.0. The molecule has 0 atom stereocenters. The van der Waals surface area contributed by atoms with Gasteiger partial charge in [0.25, 0.3) is 5.91 Å². The molecule has 1 spiro atoms. The largest absolute Gasteiger partial charge is 0.497 e. The molecule has 0 bridgehead atoms. The Bertz CT molecular complexity index is 840. The van der Waals surface area contributed by atoms with Crippen molar-refractivity contribution >= 4 is 23.3 Å². The number of carbonyl (C=O) groups is 3. The van der Waals surface area contributed by atoms with Crippen LogP contribution < -0.4 is 14.9 Å². The molecule has 3 aliphatic rings. The predicted molar refractivity (Wildman–Crippen MR) is 95.9 cm³/mol. The lowest BCUT2D eigenvalue weighted by molar-refractivity contribution is -0.127. The van der Waals surface area contributed by atoms with Crippen LogP contribution in [-0.2, 0) is 9.59 Å². The van der Waals surface area contributed by atoms with Crippen molar-refractivity contribution in [3.63, 3.8) is 0 Å². The van der Waals surface area contributed by atoms with Crippen LogP contribution in [0, 0.1) is 0 Å². The first kappa shape index (κ1) is 17.5. The molecule has 0 aliphatic carbocycles. The fourth-order valence-electron chi connectivity index (χ4n) is 3.81. The summed E-state index contributed by atoms with van der Waals surface area (Å²) in [5, 5.41) is 3.88. The highest BCUT2D eigenvalue weighted by molar-refractivity contribution is 6.39. The van der Waals surface area contributed by atoms with Crippen LogP contribution in [0.4, 0.5) is 0 Å². The quantitative estimate of drug-likeness (QED) is 0.845. The van der Waals surface area contributed by atoms with Crippen molar-refractivity contribution in [2.24, 2.45) is 5.10 Å². The van der Waals surface area contributed by atoms with Crippen molar-refractivity contribution in [2.75, 3.05) is 20.2 Å². The van der Waals surface area contributed by atoms with Crippen molar-refractivity contribution in [1.82, 2.24) is 10.3 Å². The van der Waals surface area contributed by atoms with E-state index >= 15 is 0 Å². The van der Waals surface area contributed by atoms with Gasteiger partial charge in [-0.25, -0.2) is 5.43 Å². The third-order valence-electron chi connectivity index (χ3n) is 5.41. The molecule has 1 fully saturated rings. The zero-order valence-electron chi connectivity index (χ0n) is 15.1. The van der Waals surface area contributed by atoms with Crippen LogP contribution in [0.3, 0.4) is 0 Å². The Labute approximate surface area is 156 Å². The summed E-state index contributed by atoms with van der Waals surface area (Å²) in [6.07, 6.45) is 2.09. The minimum atomic E-state index is -0.571. The summed E-state index contributed by atoms with van der Waals surface area (Å²) in [6.45, 7) is 0.981. The predicted octanol–water partition coefficient (Wildman–Crippen LogP) is 1.29. The highest BCUT2D eigenvalue weighted by Crippen LogP contribution is 2.40. The number of Topliss-reactive ketones (excluding diaryl/α,β-unsaturated/α-hetero) is 1. The molecule has 4 rings (SSSR count). The van der Waals surface area contributed by atoms with Gasteiger partial charge in [0, 0.05) is 38.8 Å². The minimum absolute atomic E-state index is 0.0364. The number of nitrogens with one attached hydrogen (secondary N) is 1. The number of ether oxygens (including phenoxy) is 2. The average molecular weight is 371 g/mol. The Morgan fingerprint density at radius 1 is 1.26 bits per heavy atom. The number of hydrogen-bond donors (Lipinski definition) is 1. The van der Waals surface area contributed by atoms with Crippen LogP contribution in [0.25, 0.3) is 0 Å². The fourth-order valence-corrected chi connectivity index (χ4v) is 3.81. The molecular formula is C19H21N3O5. The van der Waals surface area contributed by atoms with E-state index < -0.39 is 5.60 Å². The molecule has 27 heavy (non-hydrogen) atoms. The minimum Gasteiger partial charge on any atom is -0.497 e. The number of likely N-dealkylation sites (tertiary alicyclic amines) is 1. The van der Waals surface area contributed by atoms with Crippen LogP contribution in [-0.4, -0.2) is 54.0 Å². The van der Waals surface area contributed by atoms with Crippen molar-refractivity contribution in [1.29, 1.82) is 0 Å². The van der Waals surface area contributed by atoms with Crippen LogP contribution >= 0.6 is 0 Å². The second kappa shape index (κ2) is 6.68. The van der Waals surface area contributed by atoms with E-state index in [4.69, 9.17) is 9.47 Å². The molecule has 8 nitrogen and oxygen atoms in total. The van der Waals surface area contributed by atoms with Gasteiger partial charge in [-0.2, -0.15) is 5.10 Å². The zero-order valence-corrected chi connectivity index (χ0v) is 15.1. The summed E-state index contributed by atoms with van der Waals surface area (Å²) in [6, 6.07) is 5.25. The van der Waals surface area contributed by atoms with Gasteiger partial charge in [-0.3, -0.25) is 14.4 Å². The van der Waals surface area contributed by atoms with Crippen molar-refractivity contribution in [3.8, 4) is 11.5 Å². The molecule has 0 aromatic heterocycles. The van der Waals surface area contributed by atoms with Crippen molar-refractivity contribution < 1.29 is 23.9 Å². The first-order valence-electron chi connectivity index (χ1n) is 9.05. The smallest absolute Gasteiger partial charge is 0.270 e. The fraction of sp³-hybridized carbons (Fsp3) is 0.474. The number of hydrogen-bond acceptors (Lipinski definition) is 6. The lowest BCUT2D eigenvalue weighted by Gasteiger charge is -2.44. The summed E-state index contributed by atoms with van der Waals surface area (Å²) in [7, 11) is 1.56. The van der Waals surface area contributed by atoms with E-state index in [2.05, 4.69) is 10.5 Å². The van der Waals surface area contributed by atoms with Crippen LogP contribution in [0.2, 0.25) is 0 Å². The number of amides is 2. The molecule has 1 aromatic carbocycles. The summed E-state index contributed by atoms with van der Waals surface area (Å²) in [5.41, 5.74) is 2.71. The number of piperidine rings is 1. The third kappa shape index (κ3) is 3.27. The molecule has 1 aromatic rings. The number of rotatable bonds is 2. The average Bonchev–Trinajstić information content (AvgIpc) is 2.68. The molecule has 8 heteroatoms.